The highest BCUT2D eigenvalue weighted by Crippen LogP contribution is 2.33. The van der Waals surface area contributed by atoms with Crippen LogP contribution in [0, 0.1) is 0 Å². The first-order valence-corrected chi connectivity index (χ1v) is 10.5. The lowest BCUT2D eigenvalue weighted by molar-refractivity contribution is -0.131. The van der Waals surface area contributed by atoms with Crippen molar-refractivity contribution in [3.8, 4) is 5.75 Å². The molecule has 1 saturated heterocycles. The van der Waals surface area contributed by atoms with Crippen LogP contribution in [0.1, 0.15) is 29.8 Å². The van der Waals surface area contributed by atoms with Crippen LogP contribution in [0.3, 0.4) is 0 Å². The van der Waals surface area contributed by atoms with Gasteiger partial charge < -0.3 is 9.47 Å². The van der Waals surface area contributed by atoms with Crippen LogP contribution < -0.4 is 4.74 Å². The standard InChI is InChI=1S/C22H22N2O5S/c1-22(2)24(18(25)16-10-6-7-11-17(16)29-22)12-13-28-19-20(26)30-21(27)23(19)14-15-8-4-3-5-9-15/h3-11,19H,12-14H2,1-2H3. The van der Waals surface area contributed by atoms with Gasteiger partial charge in [-0.2, -0.15) is 0 Å². The highest BCUT2D eigenvalue weighted by Gasteiger charge is 2.42. The molecule has 0 bridgehead atoms. The van der Waals surface area contributed by atoms with Gasteiger partial charge in [0.25, 0.3) is 11.1 Å². The van der Waals surface area contributed by atoms with Gasteiger partial charge in [-0.05, 0) is 31.5 Å². The molecule has 0 spiro atoms. The van der Waals surface area contributed by atoms with Crippen molar-refractivity contribution in [1.29, 1.82) is 0 Å². The summed E-state index contributed by atoms with van der Waals surface area (Å²) < 4.78 is 11.8. The van der Waals surface area contributed by atoms with Crippen molar-refractivity contribution in [1.82, 2.24) is 9.80 Å². The number of thioether (sulfide) groups is 1. The molecule has 1 unspecified atom stereocenters. The second kappa shape index (κ2) is 8.12. The van der Waals surface area contributed by atoms with Crippen molar-refractivity contribution < 1.29 is 23.9 Å². The quantitative estimate of drug-likeness (QED) is 0.704. The topological polar surface area (TPSA) is 76.1 Å². The Hall–Kier alpha value is -2.84. The van der Waals surface area contributed by atoms with Crippen molar-refractivity contribution in [3.63, 3.8) is 0 Å². The highest BCUT2D eigenvalue weighted by molar-refractivity contribution is 8.26. The summed E-state index contributed by atoms with van der Waals surface area (Å²) in [6, 6.07) is 16.5. The Morgan fingerprint density at radius 1 is 1.03 bits per heavy atom. The van der Waals surface area contributed by atoms with Gasteiger partial charge in [-0.1, -0.05) is 42.5 Å². The third-order valence-electron chi connectivity index (χ3n) is 5.07. The smallest absolute Gasteiger partial charge is 0.292 e. The molecule has 2 heterocycles. The molecule has 4 rings (SSSR count). The fourth-order valence-corrected chi connectivity index (χ4v) is 4.32. The van der Waals surface area contributed by atoms with Crippen molar-refractivity contribution in [2.75, 3.05) is 13.2 Å². The first kappa shape index (κ1) is 20.4. The lowest BCUT2D eigenvalue weighted by Gasteiger charge is -2.42. The predicted octanol–water partition coefficient (Wildman–Crippen LogP) is 3.50. The molecule has 0 N–H and O–H groups in total. The van der Waals surface area contributed by atoms with E-state index in [2.05, 4.69) is 0 Å². The number of para-hydroxylation sites is 1. The zero-order valence-corrected chi connectivity index (χ0v) is 17.6. The molecule has 0 saturated carbocycles. The lowest BCUT2D eigenvalue weighted by Crippen LogP contribution is -2.56. The van der Waals surface area contributed by atoms with Gasteiger partial charge in [0.1, 0.15) is 5.75 Å². The molecule has 7 nitrogen and oxygen atoms in total. The summed E-state index contributed by atoms with van der Waals surface area (Å²) in [5.41, 5.74) is 0.542. The minimum Gasteiger partial charge on any atom is -0.468 e. The lowest BCUT2D eigenvalue weighted by atomic mass is 10.1. The van der Waals surface area contributed by atoms with E-state index in [4.69, 9.17) is 9.47 Å². The fourth-order valence-electron chi connectivity index (χ4n) is 3.58. The van der Waals surface area contributed by atoms with Crippen molar-refractivity contribution >= 4 is 28.0 Å². The Kier molecular flexibility index (Phi) is 5.53. The van der Waals surface area contributed by atoms with Crippen LogP contribution in [0.15, 0.2) is 54.6 Å². The molecule has 2 aliphatic heterocycles. The van der Waals surface area contributed by atoms with Crippen molar-refractivity contribution in [2.45, 2.75) is 32.3 Å². The van der Waals surface area contributed by atoms with E-state index in [-0.39, 0.29) is 36.0 Å². The predicted molar refractivity (Wildman–Crippen MR) is 112 cm³/mol. The normalized spacial score (nSPS) is 20.3. The van der Waals surface area contributed by atoms with Crippen LogP contribution in [-0.2, 0) is 16.1 Å². The van der Waals surface area contributed by atoms with Gasteiger partial charge >= 0.3 is 0 Å². The van der Waals surface area contributed by atoms with E-state index < -0.39 is 12.0 Å². The third kappa shape index (κ3) is 3.93. The van der Waals surface area contributed by atoms with E-state index >= 15 is 0 Å². The second-order valence-electron chi connectivity index (χ2n) is 7.53. The summed E-state index contributed by atoms with van der Waals surface area (Å²) in [5.74, 6) is 0.390. The Bertz CT molecular complexity index is 979. The second-order valence-corrected chi connectivity index (χ2v) is 8.48. The summed E-state index contributed by atoms with van der Waals surface area (Å²) in [6.45, 7) is 4.22. The molecule has 2 aromatic carbocycles. The molecule has 0 aliphatic carbocycles. The molecule has 1 atom stereocenters. The Labute approximate surface area is 178 Å². The van der Waals surface area contributed by atoms with Crippen molar-refractivity contribution in [3.05, 3.63) is 65.7 Å². The molecule has 156 valence electrons. The SMILES string of the molecule is CC1(C)Oc2ccccc2C(=O)N1CCOC1C(=O)SC(=O)N1Cc1ccccc1. The minimum absolute atomic E-state index is 0.0935. The largest absolute Gasteiger partial charge is 0.468 e. The molecule has 0 radical (unpaired) electrons. The highest BCUT2D eigenvalue weighted by atomic mass is 32.2. The van der Waals surface area contributed by atoms with Gasteiger partial charge in [-0.3, -0.25) is 24.2 Å². The number of carbonyl (C=O) groups is 3. The first-order valence-electron chi connectivity index (χ1n) is 9.64. The Morgan fingerprint density at radius 2 is 1.73 bits per heavy atom. The van der Waals surface area contributed by atoms with E-state index in [0.717, 1.165) is 5.56 Å². The van der Waals surface area contributed by atoms with Crippen LogP contribution in [0.2, 0.25) is 0 Å². The van der Waals surface area contributed by atoms with Gasteiger partial charge in [0.05, 0.1) is 12.2 Å². The zero-order valence-electron chi connectivity index (χ0n) is 16.7. The fraction of sp³-hybridized carbons (Fsp3) is 0.318. The number of benzene rings is 2. The van der Waals surface area contributed by atoms with Crippen molar-refractivity contribution in [2.24, 2.45) is 0 Å². The summed E-state index contributed by atoms with van der Waals surface area (Å²) in [7, 11) is 0. The van der Waals surface area contributed by atoms with E-state index in [9.17, 15) is 14.4 Å². The maximum atomic E-state index is 12.9. The molecular weight excluding hydrogens is 404 g/mol. The average molecular weight is 426 g/mol. The third-order valence-corrected chi connectivity index (χ3v) is 5.88. The number of ether oxygens (including phenoxy) is 2. The maximum absolute atomic E-state index is 12.9. The molecule has 2 amide bonds. The number of nitrogens with zero attached hydrogens (tertiary/aromatic N) is 2. The molecule has 30 heavy (non-hydrogen) atoms. The van der Waals surface area contributed by atoms with Crippen LogP contribution in [0.4, 0.5) is 4.79 Å². The molecule has 1 fully saturated rings. The zero-order chi connectivity index (χ0) is 21.3. The summed E-state index contributed by atoms with van der Waals surface area (Å²) in [5, 5.41) is -0.678. The van der Waals surface area contributed by atoms with E-state index in [0.29, 0.717) is 23.1 Å². The van der Waals surface area contributed by atoms with Crippen LogP contribution in [0.25, 0.3) is 0 Å². The monoisotopic (exact) mass is 426 g/mol. The number of rotatable bonds is 6. The summed E-state index contributed by atoms with van der Waals surface area (Å²) in [6.07, 6.45) is -0.973. The molecule has 2 aromatic rings. The van der Waals surface area contributed by atoms with Gasteiger partial charge in [0, 0.05) is 24.9 Å². The van der Waals surface area contributed by atoms with E-state index in [1.54, 1.807) is 23.1 Å². The van der Waals surface area contributed by atoms with Gasteiger partial charge in [-0.25, -0.2) is 0 Å². The Balaban J connectivity index is 1.43. The van der Waals surface area contributed by atoms with Gasteiger partial charge in [0.2, 0.25) is 11.3 Å². The summed E-state index contributed by atoms with van der Waals surface area (Å²) in [4.78, 5) is 40.5. The number of hydrogen-bond donors (Lipinski definition) is 0. The van der Waals surface area contributed by atoms with Crippen LogP contribution >= 0.6 is 11.8 Å². The average Bonchev–Trinajstić information content (AvgIpc) is 2.97. The van der Waals surface area contributed by atoms with Crippen LogP contribution in [-0.4, -0.2) is 51.2 Å². The van der Waals surface area contributed by atoms with Crippen LogP contribution in [0.5, 0.6) is 5.75 Å². The maximum Gasteiger partial charge on any atom is 0.292 e. The minimum atomic E-state index is -0.973. The number of hydrogen-bond acceptors (Lipinski definition) is 6. The molecular formula is C22H22N2O5S. The molecule has 0 aromatic heterocycles. The number of fused-ring (bicyclic) bond motifs is 1. The molecule has 2 aliphatic rings. The van der Waals surface area contributed by atoms with Gasteiger partial charge in [0.15, 0.2) is 5.72 Å². The molecule has 8 heteroatoms. The number of amides is 2. The number of carbonyl (C=O) groups excluding carboxylic acids is 3. The van der Waals surface area contributed by atoms with E-state index in [1.165, 1.54) is 4.90 Å². The van der Waals surface area contributed by atoms with E-state index in [1.807, 2.05) is 50.2 Å². The van der Waals surface area contributed by atoms with Gasteiger partial charge in [-0.15, -0.1) is 0 Å². The summed E-state index contributed by atoms with van der Waals surface area (Å²) >= 11 is 0.651. The first-order chi connectivity index (χ1) is 14.4. The Morgan fingerprint density at radius 3 is 2.50 bits per heavy atom.